The normalized spacial score (nSPS) is 20.7. The smallest absolute Gasteiger partial charge is 0.215 e. The molecule has 2 aliphatic rings. The number of hydrogen-bond acceptors (Lipinski definition) is 4. The van der Waals surface area contributed by atoms with E-state index in [2.05, 4.69) is 22.0 Å². The van der Waals surface area contributed by atoms with Crippen LogP contribution in [0.1, 0.15) is 35.6 Å². The molecule has 27 heavy (non-hydrogen) atoms. The SMILES string of the molecule is Clc1ccc(C2Oc3ccc(Br)cc3C3CC(c4ccco4)=NN32)c(Cl)c1. The summed E-state index contributed by atoms with van der Waals surface area (Å²) < 4.78 is 12.9. The summed E-state index contributed by atoms with van der Waals surface area (Å²) in [6.07, 6.45) is 1.94. The van der Waals surface area contributed by atoms with E-state index in [1.807, 2.05) is 41.4 Å². The first-order chi connectivity index (χ1) is 13.1. The number of hydrogen-bond donors (Lipinski definition) is 0. The molecule has 0 radical (unpaired) electrons. The molecule has 3 aromatic rings. The van der Waals surface area contributed by atoms with E-state index in [0.29, 0.717) is 10.0 Å². The van der Waals surface area contributed by atoms with Crippen molar-refractivity contribution in [3.05, 3.63) is 86.2 Å². The summed E-state index contributed by atoms with van der Waals surface area (Å²) in [5, 5.41) is 7.92. The highest BCUT2D eigenvalue weighted by atomic mass is 79.9. The molecule has 0 saturated carbocycles. The lowest BCUT2D eigenvalue weighted by Gasteiger charge is -2.38. The van der Waals surface area contributed by atoms with Crippen molar-refractivity contribution < 1.29 is 9.15 Å². The van der Waals surface area contributed by atoms with Crippen LogP contribution in [-0.4, -0.2) is 10.7 Å². The number of ether oxygens (including phenoxy) is 1. The Morgan fingerprint density at radius 1 is 1.07 bits per heavy atom. The minimum absolute atomic E-state index is 0.0306. The van der Waals surface area contributed by atoms with Crippen LogP contribution in [0.2, 0.25) is 10.0 Å². The minimum atomic E-state index is -0.444. The fraction of sp³-hybridized carbons (Fsp3) is 0.150. The molecular formula is C20H13BrCl2N2O2. The molecule has 2 unspecified atom stereocenters. The molecule has 2 atom stereocenters. The van der Waals surface area contributed by atoms with Gasteiger partial charge in [-0.3, -0.25) is 0 Å². The molecule has 2 aliphatic heterocycles. The molecule has 0 N–H and O–H groups in total. The van der Waals surface area contributed by atoms with E-state index in [9.17, 15) is 0 Å². The molecule has 0 aliphatic carbocycles. The van der Waals surface area contributed by atoms with Gasteiger partial charge in [0.1, 0.15) is 17.2 Å². The highest BCUT2D eigenvalue weighted by molar-refractivity contribution is 9.10. The van der Waals surface area contributed by atoms with Crippen molar-refractivity contribution in [3.63, 3.8) is 0 Å². The lowest BCUT2D eigenvalue weighted by Crippen LogP contribution is -2.33. The Balaban J connectivity index is 1.64. The van der Waals surface area contributed by atoms with Gasteiger partial charge in [0.25, 0.3) is 0 Å². The fourth-order valence-electron chi connectivity index (χ4n) is 3.56. The number of furan rings is 1. The Morgan fingerprint density at radius 2 is 1.96 bits per heavy atom. The third-order valence-electron chi connectivity index (χ3n) is 4.79. The minimum Gasteiger partial charge on any atom is -0.464 e. The third kappa shape index (κ3) is 2.94. The Kier molecular flexibility index (Phi) is 4.19. The van der Waals surface area contributed by atoms with Crippen LogP contribution in [0.15, 0.2) is 68.8 Å². The summed E-state index contributed by atoms with van der Waals surface area (Å²) >= 11 is 16.1. The van der Waals surface area contributed by atoms with E-state index in [0.717, 1.165) is 39.2 Å². The van der Waals surface area contributed by atoms with Crippen LogP contribution in [0.25, 0.3) is 0 Å². The zero-order valence-corrected chi connectivity index (χ0v) is 17.0. The third-order valence-corrected chi connectivity index (χ3v) is 5.84. The molecule has 0 fully saturated rings. The van der Waals surface area contributed by atoms with Gasteiger partial charge in [-0.05, 0) is 42.5 Å². The van der Waals surface area contributed by atoms with Crippen LogP contribution in [0.3, 0.4) is 0 Å². The quantitative estimate of drug-likeness (QED) is 0.430. The predicted molar refractivity (Wildman–Crippen MR) is 108 cm³/mol. The van der Waals surface area contributed by atoms with Gasteiger partial charge in [-0.15, -0.1) is 0 Å². The van der Waals surface area contributed by atoms with Gasteiger partial charge in [0, 0.05) is 27.0 Å². The van der Waals surface area contributed by atoms with Gasteiger partial charge in [0.15, 0.2) is 0 Å². The second-order valence-electron chi connectivity index (χ2n) is 6.44. The van der Waals surface area contributed by atoms with Gasteiger partial charge >= 0.3 is 0 Å². The maximum Gasteiger partial charge on any atom is 0.215 e. The molecule has 0 amide bonds. The summed E-state index contributed by atoms with van der Waals surface area (Å²) in [6, 6.07) is 15.3. The molecule has 0 saturated heterocycles. The van der Waals surface area contributed by atoms with E-state index in [1.54, 1.807) is 12.3 Å². The van der Waals surface area contributed by atoms with Crippen LogP contribution >= 0.6 is 39.1 Å². The van der Waals surface area contributed by atoms with Crippen LogP contribution in [0.4, 0.5) is 0 Å². The van der Waals surface area contributed by atoms with Crippen molar-refractivity contribution in [1.82, 2.24) is 5.01 Å². The Morgan fingerprint density at radius 3 is 2.74 bits per heavy atom. The highest BCUT2D eigenvalue weighted by Crippen LogP contribution is 2.49. The summed E-state index contributed by atoms with van der Waals surface area (Å²) in [5.74, 6) is 1.59. The number of nitrogens with zero attached hydrogens (tertiary/aromatic N) is 2. The second-order valence-corrected chi connectivity index (χ2v) is 8.20. The molecule has 7 heteroatoms. The van der Waals surface area contributed by atoms with Crippen molar-refractivity contribution in [2.75, 3.05) is 0 Å². The van der Waals surface area contributed by atoms with Crippen molar-refractivity contribution in [3.8, 4) is 5.75 Å². The first-order valence-corrected chi connectivity index (χ1v) is 9.96. The zero-order valence-electron chi connectivity index (χ0n) is 13.9. The summed E-state index contributed by atoms with van der Waals surface area (Å²) in [4.78, 5) is 0. The highest BCUT2D eigenvalue weighted by Gasteiger charge is 2.42. The summed E-state index contributed by atoms with van der Waals surface area (Å²) in [6.45, 7) is 0. The van der Waals surface area contributed by atoms with Crippen molar-refractivity contribution in [2.24, 2.45) is 5.10 Å². The molecule has 5 rings (SSSR count). The lowest BCUT2D eigenvalue weighted by atomic mass is 9.97. The van der Waals surface area contributed by atoms with Crippen molar-refractivity contribution in [2.45, 2.75) is 18.7 Å². The average Bonchev–Trinajstić information content (AvgIpc) is 3.31. The number of hydrazone groups is 1. The first kappa shape index (κ1) is 17.2. The molecule has 2 aromatic carbocycles. The summed E-state index contributed by atoms with van der Waals surface area (Å²) in [5.41, 5.74) is 2.79. The van der Waals surface area contributed by atoms with Gasteiger partial charge in [-0.2, -0.15) is 5.10 Å². The van der Waals surface area contributed by atoms with Gasteiger partial charge in [-0.1, -0.05) is 45.2 Å². The maximum atomic E-state index is 6.48. The zero-order chi connectivity index (χ0) is 18.5. The summed E-state index contributed by atoms with van der Waals surface area (Å²) in [7, 11) is 0. The monoisotopic (exact) mass is 462 g/mol. The lowest BCUT2D eigenvalue weighted by molar-refractivity contribution is -0.0190. The van der Waals surface area contributed by atoms with E-state index < -0.39 is 6.23 Å². The second kappa shape index (κ2) is 6.59. The number of benzene rings is 2. The topological polar surface area (TPSA) is 38.0 Å². The maximum absolute atomic E-state index is 6.48. The van der Waals surface area contributed by atoms with E-state index in [4.69, 9.17) is 37.5 Å². The van der Waals surface area contributed by atoms with Gasteiger partial charge < -0.3 is 9.15 Å². The first-order valence-electron chi connectivity index (χ1n) is 8.41. The van der Waals surface area contributed by atoms with Crippen molar-refractivity contribution in [1.29, 1.82) is 0 Å². The molecule has 0 spiro atoms. The average molecular weight is 464 g/mol. The Bertz CT molecular complexity index is 1050. The molecule has 1 aromatic heterocycles. The molecule has 136 valence electrons. The molecule has 0 bridgehead atoms. The van der Waals surface area contributed by atoms with Crippen LogP contribution in [0.5, 0.6) is 5.75 Å². The van der Waals surface area contributed by atoms with E-state index in [1.165, 1.54) is 0 Å². The molecule has 4 nitrogen and oxygen atoms in total. The van der Waals surface area contributed by atoms with Gasteiger partial charge in [0.05, 0.1) is 17.3 Å². The van der Waals surface area contributed by atoms with Crippen LogP contribution in [-0.2, 0) is 0 Å². The van der Waals surface area contributed by atoms with Crippen LogP contribution < -0.4 is 4.74 Å². The predicted octanol–water partition coefficient (Wildman–Crippen LogP) is 6.59. The van der Waals surface area contributed by atoms with Crippen LogP contribution in [0, 0.1) is 0 Å². The Labute approximate surface area is 174 Å². The fourth-order valence-corrected chi connectivity index (χ4v) is 4.44. The number of fused-ring (bicyclic) bond motifs is 3. The van der Waals surface area contributed by atoms with Crippen molar-refractivity contribution >= 4 is 44.8 Å². The van der Waals surface area contributed by atoms with Gasteiger partial charge in [-0.25, -0.2) is 5.01 Å². The Hall–Kier alpha value is -1.95. The van der Waals surface area contributed by atoms with Gasteiger partial charge in [0.2, 0.25) is 6.23 Å². The standard InChI is InChI=1S/C20H13BrCl2N2O2/c21-11-3-6-18-14(8-11)17-10-16(19-2-1-7-26-19)24-25(17)20(27-18)13-5-4-12(22)9-15(13)23/h1-9,17,20H,10H2. The number of rotatable bonds is 2. The van der Waals surface area contributed by atoms with E-state index in [-0.39, 0.29) is 6.04 Å². The van der Waals surface area contributed by atoms with E-state index >= 15 is 0 Å². The molecule has 3 heterocycles. The number of halogens is 3. The largest absolute Gasteiger partial charge is 0.464 e. The molecular weight excluding hydrogens is 451 g/mol.